The number of ether oxygens (including phenoxy) is 1. The Balaban J connectivity index is 2.01. The van der Waals surface area contributed by atoms with Gasteiger partial charge in [-0.1, -0.05) is 29.3 Å². The van der Waals surface area contributed by atoms with Crippen LogP contribution in [0.2, 0.25) is 0 Å². The number of hydrogen-bond donors (Lipinski definition) is 0. The lowest BCUT2D eigenvalue weighted by Crippen LogP contribution is -2.06. The molecule has 0 saturated heterocycles. The molecule has 0 amide bonds. The van der Waals surface area contributed by atoms with Crippen molar-refractivity contribution >= 4 is 38.6 Å². The number of halogens is 2. The lowest BCUT2D eigenvalue weighted by Gasteiger charge is -2.08. The summed E-state index contributed by atoms with van der Waals surface area (Å²) in [6.45, 7) is 4.71. The molecule has 0 aliphatic carbocycles. The van der Waals surface area contributed by atoms with Gasteiger partial charge in [0.25, 0.3) is 0 Å². The predicted octanol–water partition coefficient (Wildman–Crippen LogP) is 4.74. The van der Waals surface area contributed by atoms with Crippen LogP contribution in [0.25, 0.3) is 11.0 Å². The minimum atomic E-state index is 0.434. The predicted molar refractivity (Wildman–Crippen MR) is 87.3 cm³/mol. The number of aromatic nitrogens is 2. The summed E-state index contributed by atoms with van der Waals surface area (Å²) in [4.78, 5) is 4.58. The van der Waals surface area contributed by atoms with Crippen LogP contribution < -0.4 is 0 Å². The standard InChI is InChI=1S/C15H20BrClN2O/c1-2-3-8-20-9-4-7-19-14-6-5-12(16)10-13(14)18-15(19)11-17/h5-6,10H,2-4,7-9,11H2,1H3. The lowest BCUT2D eigenvalue weighted by atomic mass is 10.3. The van der Waals surface area contributed by atoms with Gasteiger partial charge in [-0.3, -0.25) is 0 Å². The van der Waals surface area contributed by atoms with E-state index in [9.17, 15) is 0 Å². The van der Waals surface area contributed by atoms with Crippen molar-refractivity contribution in [1.82, 2.24) is 9.55 Å². The first kappa shape index (κ1) is 15.8. The summed E-state index contributed by atoms with van der Waals surface area (Å²) in [5.41, 5.74) is 2.12. The van der Waals surface area contributed by atoms with E-state index >= 15 is 0 Å². The summed E-state index contributed by atoms with van der Waals surface area (Å²) in [6, 6.07) is 6.15. The zero-order chi connectivity index (χ0) is 14.4. The molecule has 0 spiro atoms. The number of hydrogen-bond acceptors (Lipinski definition) is 2. The number of nitrogens with zero attached hydrogens (tertiary/aromatic N) is 2. The van der Waals surface area contributed by atoms with E-state index in [0.29, 0.717) is 5.88 Å². The average Bonchev–Trinajstić information content (AvgIpc) is 2.79. The number of unbranched alkanes of at least 4 members (excludes halogenated alkanes) is 1. The van der Waals surface area contributed by atoms with Gasteiger partial charge in [-0.2, -0.15) is 0 Å². The van der Waals surface area contributed by atoms with Crippen LogP contribution in [0, 0.1) is 0 Å². The molecule has 0 unspecified atom stereocenters. The molecule has 1 aromatic carbocycles. The normalized spacial score (nSPS) is 11.3. The Labute approximate surface area is 133 Å². The minimum absolute atomic E-state index is 0.434. The molecule has 110 valence electrons. The van der Waals surface area contributed by atoms with Crippen molar-refractivity contribution < 1.29 is 4.74 Å². The van der Waals surface area contributed by atoms with E-state index in [-0.39, 0.29) is 0 Å². The first-order valence-corrected chi connectivity index (χ1v) is 8.37. The Morgan fingerprint density at radius 3 is 2.85 bits per heavy atom. The van der Waals surface area contributed by atoms with Crippen molar-refractivity contribution in [2.75, 3.05) is 13.2 Å². The van der Waals surface area contributed by atoms with Gasteiger partial charge in [0.15, 0.2) is 0 Å². The van der Waals surface area contributed by atoms with Crippen LogP contribution in [0.1, 0.15) is 32.0 Å². The van der Waals surface area contributed by atoms with Crippen LogP contribution in [0.4, 0.5) is 0 Å². The first-order chi connectivity index (χ1) is 9.76. The number of imidazole rings is 1. The third-order valence-electron chi connectivity index (χ3n) is 3.22. The molecule has 20 heavy (non-hydrogen) atoms. The van der Waals surface area contributed by atoms with Gasteiger partial charge in [-0.25, -0.2) is 4.98 Å². The molecule has 0 aliphatic rings. The number of alkyl halides is 1. The molecule has 0 atom stereocenters. The number of rotatable bonds is 8. The van der Waals surface area contributed by atoms with Gasteiger partial charge in [-0.15, -0.1) is 11.6 Å². The number of fused-ring (bicyclic) bond motifs is 1. The minimum Gasteiger partial charge on any atom is -0.381 e. The fourth-order valence-electron chi connectivity index (χ4n) is 2.18. The molecule has 2 rings (SSSR count). The molecular weight excluding hydrogens is 340 g/mol. The van der Waals surface area contributed by atoms with Crippen LogP contribution >= 0.6 is 27.5 Å². The molecule has 0 radical (unpaired) electrons. The van der Waals surface area contributed by atoms with Gasteiger partial charge >= 0.3 is 0 Å². The second-order valence-corrected chi connectivity index (χ2v) is 5.95. The van der Waals surface area contributed by atoms with E-state index in [0.717, 1.165) is 53.9 Å². The molecule has 1 aromatic heterocycles. The molecular formula is C15H20BrClN2O. The summed E-state index contributed by atoms with van der Waals surface area (Å²) < 4.78 is 8.84. The van der Waals surface area contributed by atoms with Crippen molar-refractivity contribution in [1.29, 1.82) is 0 Å². The molecule has 1 heterocycles. The monoisotopic (exact) mass is 358 g/mol. The lowest BCUT2D eigenvalue weighted by molar-refractivity contribution is 0.126. The average molecular weight is 360 g/mol. The maximum Gasteiger partial charge on any atom is 0.124 e. The van der Waals surface area contributed by atoms with Crippen LogP contribution in [-0.2, 0) is 17.2 Å². The molecule has 0 bridgehead atoms. The maximum atomic E-state index is 6.00. The Hall–Kier alpha value is -0.580. The van der Waals surface area contributed by atoms with Crippen molar-refractivity contribution in [2.45, 2.75) is 38.6 Å². The molecule has 3 nitrogen and oxygen atoms in total. The van der Waals surface area contributed by atoms with Gasteiger partial charge < -0.3 is 9.30 Å². The third kappa shape index (κ3) is 3.96. The molecule has 5 heteroatoms. The fraction of sp³-hybridized carbons (Fsp3) is 0.533. The molecule has 0 aliphatic heterocycles. The van der Waals surface area contributed by atoms with Crippen molar-refractivity contribution in [3.05, 3.63) is 28.5 Å². The zero-order valence-corrected chi connectivity index (χ0v) is 14.1. The summed E-state index contributed by atoms with van der Waals surface area (Å²) in [5.74, 6) is 1.36. The van der Waals surface area contributed by atoms with Crippen LogP contribution in [-0.4, -0.2) is 22.8 Å². The summed E-state index contributed by atoms with van der Waals surface area (Å²) >= 11 is 9.47. The van der Waals surface area contributed by atoms with Gasteiger partial charge in [0.05, 0.1) is 16.9 Å². The Kier molecular flexibility index (Phi) is 6.33. The van der Waals surface area contributed by atoms with Crippen molar-refractivity contribution in [3.63, 3.8) is 0 Å². The van der Waals surface area contributed by atoms with E-state index < -0.39 is 0 Å². The number of aryl methyl sites for hydroxylation is 1. The largest absolute Gasteiger partial charge is 0.381 e. The van der Waals surface area contributed by atoms with E-state index in [1.807, 2.05) is 12.1 Å². The highest BCUT2D eigenvalue weighted by Crippen LogP contribution is 2.22. The van der Waals surface area contributed by atoms with Gasteiger partial charge in [0.1, 0.15) is 5.82 Å². The zero-order valence-electron chi connectivity index (χ0n) is 11.7. The highest BCUT2D eigenvalue weighted by atomic mass is 79.9. The quantitative estimate of drug-likeness (QED) is 0.502. The molecule has 0 saturated carbocycles. The van der Waals surface area contributed by atoms with Gasteiger partial charge in [0, 0.05) is 24.2 Å². The van der Waals surface area contributed by atoms with Crippen molar-refractivity contribution in [2.24, 2.45) is 0 Å². The highest BCUT2D eigenvalue weighted by molar-refractivity contribution is 9.10. The second-order valence-electron chi connectivity index (χ2n) is 4.77. The van der Waals surface area contributed by atoms with Crippen LogP contribution in [0.5, 0.6) is 0 Å². The molecule has 0 fully saturated rings. The van der Waals surface area contributed by atoms with E-state index in [2.05, 4.69) is 38.5 Å². The van der Waals surface area contributed by atoms with Crippen LogP contribution in [0.3, 0.4) is 0 Å². The summed E-state index contributed by atoms with van der Waals surface area (Å²) in [6.07, 6.45) is 3.29. The van der Waals surface area contributed by atoms with Gasteiger partial charge in [-0.05, 0) is 31.0 Å². The molecule has 0 N–H and O–H groups in total. The SMILES string of the molecule is CCCCOCCCn1c(CCl)nc2cc(Br)ccc21. The Morgan fingerprint density at radius 2 is 2.10 bits per heavy atom. The van der Waals surface area contributed by atoms with E-state index in [4.69, 9.17) is 16.3 Å². The Morgan fingerprint density at radius 1 is 1.30 bits per heavy atom. The summed E-state index contributed by atoms with van der Waals surface area (Å²) in [5, 5.41) is 0. The number of benzene rings is 1. The highest BCUT2D eigenvalue weighted by Gasteiger charge is 2.09. The first-order valence-electron chi connectivity index (χ1n) is 7.04. The van der Waals surface area contributed by atoms with E-state index in [1.54, 1.807) is 0 Å². The van der Waals surface area contributed by atoms with E-state index in [1.165, 1.54) is 6.42 Å². The second kappa shape index (κ2) is 8.01. The fourth-order valence-corrected chi connectivity index (χ4v) is 2.73. The Bertz CT molecular complexity index is 556. The molecule has 2 aromatic rings. The van der Waals surface area contributed by atoms with Crippen LogP contribution in [0.15, 0.2) is 22.7 Å². The maximum absolute atomic E-state index is 6.00. The third-order valence-corrected chi connectivity index (χ3v) is 3.95. The summed E-state index contributed by atoms with van der Waals surface area (Å²) in [7, 11) is 0. The van der Waals surface area contributed by atoms with Gasteiger partial charge in [0.2, 0.25) is 0 Å². The topological polar surface area (TPSA) is 27.1 Å². The smallest absolute Gasteiger partial charge is 0.124 e. The van der Waals surface area contributed by atoms with Crippen molar-refractivity contribution in [3.8, 4) is 0 Å².